The fraction of sp³-hybridized carbons (Fsp3) is 0.263. The third kappa shape index (κ3) is 5.30. The first kappa shape index (κ1) is 21.7. The number of carbonyl (C=O) groups excluding carboxylic acids is 2. The van der Waals surface area contributed by atoms with Crippen molar-refractivity contribution in [2.75, 3.05) is 26.4 Å². The van der Waals surface area contributed by atoms with E-state index in [2.05, 4.69) is 4.74 Å². The van der Waals surface area contributed by atoms with Gasteiger partial charge in [-0.2, -0.15) is 4.72 Å². The number of esters is 1. The van der Waals surface area contributed by atoms with Gasteiger partial charge in [-0.25, -0.2) is 17.2 Å². The van der Waals surface area contributed by atoms with Crippen LogP contribution >= 0.6 is 0 Å². The number of halogens is 2. The van der Waals surface area contributed by atoms with Gasteiger partial charge in [0.25, 0.3) is 0 Å². The van der Waals surface area contributed by atoms with Crippen molar-refractivity contribution in [1.29, 1.82) is 0 Å². The van der Waals surface area contributed by atoms with Crippen LogP contribution in [-0.4, -0.2) is 46.5 Å². The lowest BCUT2D eigenvalue weighted by molar-refractivity contribution is -0.141. The summed E-state index contributed by atoms with van der Waals surface area (Å²) in [6.45, 7) is -0.821. The van der Waals surface area contributed by atoms with Crippen LogP contribution in [0, 0.1) is 11.6 Å². The predicted molar refractivity (Wildman–Crippen MR) is 98.9 cm³/mol. The zero-order valence-corrected chi connectivity index (χ0v) is 16.3. The highest BCUT2D eigenvalue weighted by molar-refractivity contribution is 7.89. The Morgan fingerprint density at radius 3 is 2.53 bits per heavy atom. The summed E-state index contributed by atoms with van der Waals surface area (Å²) in [6.07, 6.45) is 0.652. The van der Waals surface area contributed by atoms with Crippen molar-refractivity contribution in [2.24, 2.45) is 0 Å². The van der Waals surface area contributed by atoms with Gasteiger partial charge in [-0.1, -0.05) is 0 Å². The van der Waals surface area contributed by atoms with Crippen molar-refractivity contribution in [3.8, 4) is 11.5 Å². The normalized spacial score (nSPS) is 13.4. The summed E-state index contributed by atoms with van der Waals surface area (Å²) in [5, 5.41) is 0. The Kier molecular flexibility index (Phi) is 6.63. The number of ether oxygens (including phenoxy) is 3. The van der Waals surface area contributed by atoms with Gasteiger partial charge in [0.05, 0.1) is 23.7 Å². The van der Waals surface area contributed by atoms with E-state index >= 15 is 0 Å². The Balaban J connectivity index is 1.56. The van der Waals surface area contributed by atoms with Gasteiger partial charge in [0, 0.05) is 12.5 Å². The lowest BCUT2D eigenvalue weighted by Crippen LogP contribution is -2.31. The van der Waals surface area contributed by atoms with E-state index in [9.17, 15) is 26.8 Å². The molecule has 0 fully saturated rings. The van der Waals surface area contributed by atoms with Crippen molar-refractivity contribution in [3.63, 3.8) is 0 Å². The van der Waals surface area contributed by atoms with E-state index in [0.717, 1.165) is 12.1 Å². The second-order valence-electron chi connectivity index (χ2n) is 6.19. The average molecular weight is 441 g/mol. The van der Waals surface area contributed by atoms with Gasteiger partial charge in [0.15, 0.2) is 18.1 Å². The molecule has 30 heavy (non-hydrogen) atoms. The molecule has 1 heterocycles. The minimum atomic E-state index is -4.08. The number of rotatable bonds is 7. The van der Waals surface area contributed by atoms with Crippen LogP contribution in [0.4, 0.5) is 8.78 Å². The minimum Gasteiger partial charge on any atom is -0.490 e. The topological polar surface area (TPSA) is 108 Å². The van der Waals surface area contributed by atoms with Crippen LogP contribution in [-0.2, 0) is 19.6 Å². The number of hydrogen-bond acceptors (Lipinski definition) is 7. The Bertz CT molecular complexity index is 1070. The molecule has 1 aliphatic heterocycles. The summed E-state index contributed by atoms with van der Waals surface area (Å²) >= 11 is 0. The summed E-state index contributed by atoms with van der Waals surface area (Å²) < 4.78 is 69.0. The number of carbonyl (C=O) groups is 2. The number of ketones is 1. The first-order valence-corrected chi connectivity index (χ1v) is 10.3. The Morgan fingerprint density at radius 2 is 1.77 bits per heavy atom. The number of sulfonamides is 1. The van der Waals surface area contributed by atoms with Gasteiger partial charge in [-0.05, 0) is 30.3 Å². The monoisotopic (exact) mass is 441 g/mol. The molecule has 0 aliphatic carbocycles. The smallest absolute Gasteiger partial charge is 0.321 e. The Labute approximate surface area is 170 Å². The van der Waals surface area contributed by atoms with Gasteiger partial charge < -0.3 is 14.2 Å². The Morgan fingerprint density at radius 1 is 1.03 bits per heavy atom. The number of nitrogens with one attached hydrogen (secondary N) is 1. The second-order valence-corrected chi connectivity index (χ2v) is 7.96. The van der Waals surface area contributed by atoms with Crippen LogP contribution in [0.3, 0.4) is 0 Å². The molecule has 0 amide bonds. The molecule has 0 spiro atoms. The average Bonchev–Trinajstić information content (AvgIpc) is 2.97. The first-order valence-electron chi connectivity index (χ1n) is 8.79. The summed E-state index contributed by atoms with van der Waals surface area (Å²) in [7, 11) is -4.08. The molecule has 3 rings (SSSR count). The SMILES string of the molecule is O=C(CNS(=O)(=O)c1ccc2c(c1)OCCCO2)OCC(=O)c1cc(F)ccc1F. The molecular formula is C19H17F2NO7S. The van der Waals surface area contributed by atoms with Crippen LogP contribution in [0.15, 0.2) is 41.3 Å². The van der Waals surface area contributed by atoms with E-state index < -0.39 is 52.1 Å². The molecular weight excluding hydrogens is 424 g/mol. The molecule has 1 N–H and O–H groups in total. The molecule has 1 aliphatic rings. The molecule has 2 aromatic rings. The van der Waals surface area contributed by atoms with Gasteiger partial charge in [-0.3, -0.25) is 9.59 Å². The Hall–Kier alpha value is -3.05. The highest BCUT2D eigenvalue weighted by atomic mass is 32.2. The minimum absolute atomic E-state index is 0.155. The van der Waals surface area contributed by atoms with Crippen molar-refractivity contribution < 1.29 is 41.0 Å². The number of Topliss-reactive ketones (excluding diaryl/α,β-unsaturated/α-hetero) is 1. The van der Waals surface area contributed by atoms with E-state index in [1.54, 1.807) is 0 Å². The van der Waals surface area contributed by atoms with E-state index in [-0.39, 0.29) is 10.6 Å². The quantitative estimate of drug-likeness (QED) is 0.516. The molecule has 0 bridgehead atoms. The third-order valence-corrected chi connectivity index (χ3v) is 5.43. The highest BCUT2D eigenvalue weighted by Gasteiger charge is 2.21. The van der Waals surface area contributed by atoms with Gasteiger partial charge in [0.2, 0.25) is 15.8 Å². The lowest BCUT2D eigenvalue weighted by Gasteiger charge is -2.11. The van der Waals surface area contributed by atoms with Crippen LogP contribution in [0.2, 0.25) is 0 Å². The van der Waals surface area contributed by atoms with Gasteiger partial charge in [-0.15, -0.1) is 0 Å². The van der Waals surface area contributed by atoms with Crippen LogP contribution in [0.1, 0.15) is 16.8 Å². The van der Waals surface area contributed by atoms with Crippen molar-refractivity contribution in [1.82, 2.24) is 4.72 Å². The number of hydrogen-bond donors (Lipinski definition) is 1. The fourth-order valence-corrected chi connectivity index (χ4v) is 3.52. The van der Waals surface area contributed by atoms with Crippen LogP contribution in [0.25, 0.3) is 0 Å². The molecule has 0 saturated heterocycles. The highest BCUT2D eigenvalue weighted by Crippen LogP contribution is 2.31. The number of benzene rings is 2. The lowest BCUT2D eigenvalue weighted by atomic mass is 10.1. The van der Waals surface area contributed by atoms with Gasteiger partial charge in [0.1, 0.15) is 18.2 Å². The van der Waals surface area contributed by atoms with Crippen molar-refractivity contribution in [3.05, 3.63) is 53.6 Å². The third-order valence-electron chi connectivity index (χ3n) is 4.03. The molecule has 160 valence electrons. The zero-order valence-electron chi connectivity index (χ0n) is 15.5. The van der Waals surface area contributed by atoms with E-state index in [1.807, 2.05) is 4.72 Å². The summed E-state index contributed by atoms with van der Waals surface area (Å²) in [5.74, 6) is -3.15. The van der Waals surface area contributed by atoms with E-state index in [0.29, 0.717) is 31.5 Å². The fourth-order valence-electron chi connectivity index (χ4n) is 2.53. The molecule has 8 nitrogen and oxygen atoms in total. The standard InChI is InChI=1S/C19H17F2NO7S/c20-12-2-4-15(21)14(8-12)16(23)11-29-19(24)10-22-30(25,26)13-3-5-17-18(9-13)28-7-1-6-27-17/h2-5,8-9,22H,1,6-7,10-11H2. The predicted octanol–water partition coefficient (Wildman–Crippen LogP) is 1.83. The largest absolute Gasteiger partial charge is 0.490 e. The molecule has 2 aromatic carbocycles. The zero-order chi connectivity index (χ0) is 21.7. The maximum absolute atomic E-state index is 13.5. The van der Waals surface area contributed by atoms with Gasteiger partial charge >= 0.3 is 5.97 Å². The summed E-state index contributed by atoms with van der Waals surface area (Å²) in [5.41, 5.74) is -0.574. The van der Waals surface area contributed by atoms with Crippen molar-refractivity contribution in [2.45, 2.75) is 11.3 Å². The molecule has 0 atom stereocenters. The summed E-state index contributed by atoms with van der Waals surface area (Å²) in [6, 6.07) is 6.29. The summed E-state index contributed by atoms with van der Waals surface area (Å²) in [4.78, 5) is 23.5. The molecule has 0 unspecified atom stereocenters. The molecule has 11 heteroatoms. The molecule has 0 radical (unpaired) electrons. The molecule has 0 saturated carbocycles. The van der Waals surface area contributed by atoms with Crippen LogP contribution in [0.5, 0.6) is 11.5 Å². The second kappa shape index (κ2) is 9.18. The molecule has 0 aromatic heterocycles. The van der Waals surface area contributed by atoms with Crippen LogP contribution < -0.4 is 14.2 Å². The maximum Gasteiger partial charge on any atom is 0.321 e. The first-order chi connectivity index (χ1) is 14.3. The van der Waals surface area contributed by atoms with E-state index in [4.69, 9.17) is 9.47 Å². The maximum atomic E-state index is 13.5. The number of fused-ring (bicyclic) bond motifs is 1. The van der Waals surface area contributed by atoms with E-state index in [1.165, 1.54) is 18.2 Å². The van der Waals surface area contributed by atoms with Crippen molar-refractivity contribution >= 4 is 21.8 Å².